The molecule has 12 rings (SSSR count). The molecule has 0 radical (unpaired) electrons. The number of anilines is 3. The predicted octanol–water partition coefficient (Wildman–Crippen LogP) is 17.2. The Kier molecular flexibility index (Phi) is 9.20. The Labute approximate surface area is 373 Å². The maximum atomic E-state index is 2.44. The van der Waals surface area contributed by atoms with Gasteiger partial charge < -0.3 is 9.47 Å². The molecule has 11 aromatic carbocycles. The van der Waals surface area contributed by atoms with E-state index in [0.717, 1.165) is 22.7 Å². The van der Waals surface area contributed by atoms with Crippen molar-refractivity contribution >= 4 is 60.4 Å². The normalized spacial score (nSPS) is 11.4. The lowest BCUT2D eigenvalue weighted by Crippen LogP contribution is -2.09. The van der Waals surface area contributed by atoms with Crippen LogP contribution in [0.1, 0.15) is 0 Å². The Hall–Kier alpha value is -8.46. The molecule has 0 unspecified atom stereocenters. The zero-order chi connectivity index (χ0) is 42.4. The fraction of sp³-hybridized carbons (Fsp3) is 0. The fourth-order valence-corrected chi connectivity index (χ4v) is 9.62. The van der Waals surface area contributed by atoms with Crippen LogP contribution in [0.2, 0.25) is 0 Å². The van der Waals surface area contributed by atoms with E-state index in [1.807, 2.05) is 0 Å². The van der Waals surface area contributed by atoms with Gasteiger partial charge in [0.25, 0.3) is 0 Å². The van der Waals surface area contributed by atoms with Gasteiger partial charge in [0, 0.05) is 33.5 Å². The summed E-state index contributed by atoms with van der Waals surface area (Å²) in [7, 11) is 0. The van der Waals surface area contributed by atoms with Crippen LogP contribution in [0.15, 0.2) is 255 Å². The van der Waals surface area contributed by atoms with Gasteiger partial charge in [0.2, 0.25) is 0 Å². The Balaban J connectivity index is 0.918. The maximum Gasteiger partial charge on any atom is 0.0547 e. The van der Waals surface area contributed by atoms with E-state index in [-0.39, 0.29) is 0 Å². The van der Waals surface area contributed by atoms with E-state index in [9.17, 15) is 0 Å². The van der Waals surface area contributed by atoms with Crippen LogP contribution in [0, 0.1) is 0 Å². The summed E-state index contributed by atoms with van der Waals surface area (Å²) < 4.78 is 2.44. The SMILES string of the molecule is c1ccc(-c2ccc(N(c3ccc(-c4ccccc4)cc3)c3ccc(-c4ccc(-n5c6cccc(-c7ccc8ccccc8c7)c6c6c7ccccc7ccc65)cc4)cc3)cc2)cc1. The van der Waals surface area contributed by atoms with Crippen LogP contribution in [0.25, 0.3) is 93.5 Å². The third kappa shape index (κ3) is 6.61. The van der Waals surface area contributed by atoms with Crippen molar-refractivity contribution in [3.8, 4) is 50.2 Å². The first-order valence-electron chi connectivity index (χ1n) is 22.0. The average Bonchev–Trinajstić information content (AvgIpc) is 3.73. The number of hydrogen-bond acceptors (Lipinski definition) is 1. The second kappa shape index (κ2) is 15.8. The van der Waals surface area contributed by atoms with Gasteiger partial charge in [0.15, 0.2) is 0 Å². The largest absolute Gasteiger partial charge is 0.311 e. The minimum absolute atomic E-state index is 1.10. The van der Waals surface area contributed by atoms with Crippen molar-refractivity contribution in [3.63, 3.8) is 0 Å². The molecule has 0 N–H and O–H groups in total. The van der Waals surface area contributed by atoms with E-state index in [1.54, 1.807) is 0 Å². The van der Waals surface area contributed by atoms with Crippen molar-refractivity contribution < 1.29 is 0 Å². The summed E-state index contributed by atoms with van der Waals surface area (Å²) in [6, 6.07) is 92.5. The first-order chi connectivity index (χ1) is 31.7. The van der Waals surface area contributed by atoms with Crippen LogP contribution >= 0.6 is 0 Å². The van der Waals surface area contributed by atoms with Gasteiger partial charge in [0.1, 0.15) is 0 Å². The highest BCUT2D eigenvalue weighted by Crippen LogP contribution is 2.43. The molecule has 0 saturated carbocycles. The summed E-state index contributed by atoms with van der Waals surface area (Å²) >= 11 is 0. The summed E-state index contributed by atoms with van der Waals surface area (Å²) in [6.07, 6.45) is 0. The number of rotatable bonds is 8. The van der Waals surface area contributed by atoms with Crippen molar-refractivity contribution in [2.75, 3.05) is 4.90 Å². The van der Waals surface area contributed by atoms with E-state index >= 15 is 0 Å². The topological polar surface area (TPSA) is 8.17 Å². The molecule has 0 bridgehead atoms. The standard InChI is InChI=1S/C62H42N2/c1-3-12-43(13-4-1)46-24-33-53(34-25-46)63(54-35-26-47(27-36-54)44-14-5-2-6-15-44)55-37-28-48(29-38-55)49-30-39-56(40-31-49)64-59-21-11-20-58(52-23-22-45-16-7-8-18-51(45)42-52)62(59)61-57-19-10-9-17-50(57)32-41-60(61)64/h1-42H. The molecule has 0 spiro atoms. The maximum absolute atomic E-state index is 2.44. The smallest absolute Gasteiger partial charge is 0.0547 e. The van der Waals surface area contributed by atoms with Gasteiger partial charge in [0.05, 0.1) is 11.0 Å². The number of hydrogen-bond donors (Lipinski definition) is 0. The highest BCUT2D eigenvalue weighted by Gasteiger charge is 2.19. The third-order valence-electron chi connectivity index (χ3n) is 12.8. The van der Waals surface area contributed by atoms with Gasteiger partial charge in [-0.05, 0) is 133 Å². The van der Waals surface area contributed by atoms with E-state index in [0.29, 0.717) is 0 Å². The molecule has 0 atom stereocenters. The molecule has 1 heterocycles. The summed E-state index contributed by atoms with van der Waals surface area (Å²) in [5.74, 6) is 0. The van der Waals surface area contributed by atoms with Crippen LogP contribution in [-0.4, -0.2) is 4.57 Å². The van der Waals surface area contributed by atoms with Gasteiger partial charge in [-0.25, -0.2) is 0 Å². The molecule has 2 heteroatoms. The molecule has 0 aliphatic carbocycles. The van der Waals surface area contributed by atoms with Crippen LogP contribution < -0.4 is 4.90 Å². The molecule has 12 aromatic rings. The van der Waals surface area contributed by atoms with Crippen molar-refractivity contribution in [2.24, 2.45) is 0 Å². The molecule has 0 aliphatic heterocycles. The lowest BCUT2D eigenvalue weighted by molar-refractivity contribution is 1.18. The van der Waals surface area contributed by atoms with Gasteiger partial charge in [-0.15, -0.1) is 0 Å². The summed E-state index contributed by atoms with van der Waals surface area (Å²) in [4.78, 5) is 2.34. The number of nitrogens with zero attached hydrogens (tertiary/aromatic N) is 2. The second-order valence-electron chi connectivity index (χ2n) is 16.5. The minimum atomic E-state index is 1.10. The fourth-order valence-electron chi connectivity index (χ4n) is 9.62. The zero-order valence-electron chi connectivity index (χ0n) is 35.1. The molecule has 300 valence electrons. The molecule has 0 fully saturated rings. The number of fused-ring (bicyclic) bond motifs is 6. The zero-order valence-corrected chi connectivity index (χ0v) is 35.1. The van der Waals surface area contributed by atoms with Gasteiger partial charge in [-0.3, -0.25) is 0 Å². The van der Waals surface area contributed by atoms with Gasteiger partial charge >= 0.3 is 0 Å². The van der Waals surface area contributed by atoms with Crippen LogP contribution in [0.3, 0.4) is 0 Å². The quantitative estimate of drug-likeness (QED) is 0.148. The molecule has 0 amide bonds. The van der Waals surface area contributed by atoms with E-state index in [1.165, 1.54) is 87.9 Å². The Morgan fingerprint density at radius 2 is 0.703 bits per heavy atom. The van der Waals surface area contributed by atoms with Crippen LogP contribution in [0.4, 0.5) is 17.1 Å². The van der Waals surface area contributed by atoms with Crippen molar-refractivity contribution in [1.82, 2.24) is 4.57 Å². The Morgan fingerprint density at radius 1 is 0.266 bits per heavy atom. The van der Waals surface area contributed by atoms with Crippen molar-refractivity contribution in [3.05, 3.63) is 255 Å². The molecule has 0 aliphatic rings. The lowest BCUT2D eigenvalue weighted by Gasteiger charge is -2.26. The molecular weight excluding hydrogens is 773 g/mol. The summed E-state index contributed by atoms with van der Waals surface area (Å²) in [5.41, 5.74) is 16.5. The highest BCUT2D eigenvalue weighted by atomic mass is 15.1. The lowest BCUT2D eigenvalue weighted by atomic mass is 9.95. The van der Waals surface area contributed by atoms with E-state index in [4.69, 9.17) is 0 Å². The average molecular weight is 815 g/mol. The molecule has 64 heavy (non-hydrogen) atoms. The van der Waals surface area contributed by atoms with Crippen molar-refractivity contribution in [1.29, 1.82) is 0 Å². The Bertz CT molecular complexity index is 3520. The van der Waals surface area contributed by atoms with Crippen molar-refractivity contribution in [2.45, 2.75) is 0 Å². The first-order valence-corrected chi connectivity index (χ1v) is 22.0. The summed E-state index contributed by atoms with van der Waals surface area (Å²) in [6.45, 7) is 0. The number of benzene rings is 11. The molecule has 2 nitrogen and oxygen atoms in total. The number of aromatic nitrogens is 1. The van der Waals surface area contributed by atoms with Crippen LogP contribution in [0.5, 0.6) is 0 Å². The monoisotopic (exact) mass is 814 g/mol. The Morgan fingerprint density at radius 3 is 1.28 bits per heavy atom. The first kappa shape index (κ1) is 37.3. The van der Waals surface area contributed by atoms with E-state index in [2.05, 4.69) is 264 Å². The molecule has 1 aromatic heterocycles. The van der Waals surface area contributed by atoms with E-state index < -0.39 is 0 Å². The second-order valence-corrected chi connectivity index (χ2v) is 16.5. The molecule has 0 saturated heterocycles. The third-order valence-corrected chi connectivity index (χ3v) is 12.8. The minimum Gasteiger partial charge on any atom is -0.311 e. The summed E-state index contributed by atoms with van der Waals surface area (Å²) in [5, 5.41) is 7.57. The highest BCUT2D eigenvalue weighted by molar-refractivity contribution is 6.25. The predicted molar refractivity (Wildman–Crippen MR) is 272 cm³/mol. The van der Waals surface area contributed by atoms with Crippen LogP contribution in [-0.2, 0) is 0 Å². The molecular formula is C62H42N2. The van der Waals surface area contributed by atoms with Gasteiger partial charge in [-0.2, -0.15) is 0 Å². The van der Waals surface area contributed by atoms with Gasteiger partial charge in [-0.1, -0.05) is 188 Å².